The summed E-state index contributed by atoms with van der Waals surface area (Å²) in [6.07, 6.45) is 1.06. The number of alkyl halides is 2. The Hall–Kier alpha value is -0.220. The normalized spacial score (nSPS) is 34.8. The molecule has 2 saturated heterocycles. The highest BCUT2D eigenvalue weighted by Crippen LogP contribution is 2.31. The van der Waals surface area contributed by atoms with Crippen molar-refractivity contribution in [2.24, 2.45) is 0 Å². The molecular weight excluding hydrogens is 174 g/mol. The van der Waals surface area contributed by atoms with E-state index in [9.17, 15) is 8.78 Å². The minimum Gasteiger partial charge on any atom is -0.302 e. The first-order valence-corrected chi connectivity index (χ1v) is 4.95. The lowest BCUT2D eigenvalue weighted by Crippen LogP contribution is -2.60. The molecule has 0 spiro atoms. The second-order valence-corrected chi connectivity index (χ2v) is 4.10. The highest BCUT2D eigenvalue weighted by Gasteiger charge is 2.47. The Kier molecular flexibility index (Phi) is 2.28. The number of rotatable bonds is 2. The number of nitrogens with zero attached hydrogens (tertiary/aromatic N) is 2. The first-order valence-electron chi connectivity index (χ1n) is 4.95. The smallest absolute Gasteiger partial charge is 0.272 e. The van der Waals surface area contributed by atoms with Gasteiger partial charge in [-0.15, -0.1) is 0 Å². The van der Waals surface area contributed by atoms with Gasteiger partial charge in [-0.1, -0.05) is 6.92 Å². The maximum atomic E-state index is 12.6. The molecule has 0 aromatic heterocycles. The fraction of sp³-hybridized carbons (Fsp3) is 1.00. The van der Waals surface area contributed by atoms with E-state index in [1.807, 2.05) is 4.90 Å². The molecule has 0 aromatic carbocycles. The summed E-state index contributed by atoms with van der Waals surface area (Å²) in [5.41, 5.74) is 0. The van der Waals surface area contributed by atoms with Crippen molar-refractivity contribution in [3.8, 4) is 0 Å². The van der Waals surface area contributed by atoms with E-state index in [1.54, 1.807) is 0 Å². The molecule has 2 heterocycles. The lowest BCUT2D eigenvalue weighted by atomic mass is 10.1. The number of halogens is 2. The second-order valence-electron chi connectivity index (χ2n) is 4.10. The Balaban J connectivity index is 1.79. The molecule has 2 nitrogen and oxygen atoms in total. The van der Waals surface area contributed by atoms with Gasteiger partial charge in [0.1, 0.15) is 0 Å². The van der Waals surface area contributed by atoms with Crippen LogP contribution in [-0.4, -0.2) is 54.5 Å². The minimum atomic E-state index is -2.40. The van der Waals surface area contributed by atoms with Gasteiger partial charge in [0, 0.05) is 12.6 Å². The first kappa shape index (κ1) is 9.34. The number of hydrogen-bond acceptors (Lipinski definition) is 2. The van der Waals surface area contributed by atoms with Crippen LogP contribution in [0.3, 0.4) is 0 Å². The van der Waals surface area contributed by atoms with Crippen LogP contribution in [0.15, 0.2) is 0 Å². The van der Waals surface area contributed by atoms with E-state index in [4.69, 9.17) is 0 Å². The van der Waals surface area contributed by atoms with Crippen LogP contribution in [0.2, 0.25) is 0 Å². The van der Waals surface area contributed by atoms with Gasteiger partial charge in [-0.3, -0.25) is 4.90 Å². The van der Waals surface area contributed by atoms with Crippen molar-refractivity contribution in [3.05, 3.63) is 0 Å². The number of hydrogen-bond donors (Lipinski definition) is 0. The van der Waals surface area contributed by atoms with E-state index < -0.39 is 5.92 Å². The van der Waals surface area contributed by atoms with Crippen LogP contribution in [-0.2, 0) is 0 Å². The van der Waals surface area contributed by atoms with E-state index in [-0.39, 0.29) is 13.1 Å². The molecule has 0 saturated carbocycles. The van der Waals surface area contributed by atoms with Crippen LogP contribution in [0.5, 0.6) is 0 Å². The third kappa shape index (κ3) is 1.83. The molecule has 4 heteroatoms. The third-order valence-electron chi connectivity index (χ3n) is 3.08. The monoisotopic (exact) mass is 190 g/mol. The van der Waals surface area contributed by atoms with E-state index >= 15 is 0 Å². The molecule has 76 valence electrons. The summed E-state index contributed by atoms with van der Waals surface area (Å²) < 4.78 is 25.1. The Labute approximate surface area is 77.5 Å². The van der Waals surface area contributed by atoms with Crippen LogP contribution in [0.1, 0.15) is 13.3 Å². The third-order valence-corrected chi connectivity index (χ3v) is 3.08. The lowest BCUT2D eigenvalue weighted by Gasteiger charge is -2.42. The Bertz CT molecular complexity index is 188. The van der Waals surface area contributed by atoms with E-state index in [1.165, 1.54) is 0 Å². The molecule has 0 N–H and O–H groups in total. The van der Waals surface area contributed by atoms with Crippen LogP contribution >= 0.6 is 0 Å². The van der Waals surface area contributed by atoms with Crippen molar-refractivity contribution < 1.29 is 8.78 Å². The van der Waals surface area contributed by atoms with Gasteiger partial charge < -0.3 is 4.90 Å². The van der Waals surface area contributed by atoms with Crippen LogP contribution in [0.4, 0.5) is 8.78 Å². The van der Waals surface area contributed by atoms with Crippen molar-refractivity contribution >= 4 is 0 Å². The summed E-state index contributed by atoms with van der Waals surface area (Å²) in [5.74, 6) is -2.40. The zero-order valence-electron chi connectivity index (χ0n) is 7.97. The molecule has 0 aliphatic carbocycles. The van der Waals surface area contributed by atoms with Crippen molar-refractivity contribution in [1.29, 1.82) is 0 Å². The molecule has 0 bridgehead atoms. The second kappa shape index (κ2) is 3.17. The van der Waals surface area contributed by atoms with Gasteiger partial charge >= 0.3 is 0 Å². The quantitative estimate of drug-likeness (QED) is 0.641. The minimum absolute atomic E-state index is 0.0186. The fourth-order valence-electron chi connectivity index (χ4n) is 2.20. The Morgan fingerprint density at radius 2 is 2.08 bits per heavy atom. The van der Waals surface area contributed by atoms with Gasteiger partial charge in [0.25, 0.3) is 5.92 Å². The summed E-state index contributed by atoms with van der Waals surface area (Å²) in [5, 5.41) is 0. The van der Waals surface area contributed by atoms with E-state index in [0.29, 0.717) is 6.04 Å². The maximum absolute atomic E-state index is 12.6. The predicted molar refractivity (Wildman–Crippen MR) is 47.0 cm³/mol. The van der Waals surface area contributed by atoms with Gasteiger partial charge in [0.05, 0.1) is 13.1 Å². The van der Waals surface area contributed by atoms with Gasteiger partial charge in [0.2, 0.25) is 0 Å². The topological polar surface area (TPSA) is 6.48 Å². The van der Waals surface area contributed by atoms with Crippen LogP contribution in [0, 0.1) is 0 Å². The molecule has 1 atom stereocenters. The molecule has 0 radical (unpaired) electrons. The van der Waals surface area contributed by atoms with Crippen molar-refractivity contribution in [1.82, 2.24) is 9.80 Å². The zero-order chi connectivity index (χ0) is 9.47. The van der Waals surface area contributed by atoms with Crippen LogP contribution < -0.4 is 0 Å². The highest BCUT2D eigenvalue weighted by atomic mass is 19.3. The SMILES string of the molecule is CCN1CC[C@@H](N2CC(F)(F)C2)C1. The molecule has 0 unspecified atom stereocenters. The molecule has 2 rings (SSSR count). The number of likely N-dealkylation sites (N-methyl/N-ethyl adjacent to an activating group) is 1. The number of likely N-dealkylation sites (tertiary alicyclic amines) is 2. The highest BCUT2D eigenvalue weighted by molar-refractivity contribution is 4.94. The van der Waals surface area contributed by atoms with Crippen molar-refractivity contribution in [2.45, 2.75) is 25.3 Å². The summed E-state index contributed by atoms with van der Waals surface area (Å²) in [6, 6.07) is 0.388. The summed E-state index contributed by atoms with van der Waals surface area (Å²) in [4.78, 5) is 4.23. The molecule has 13 heavy (non-hydrogen) atoms. The molecule has 0 amide bonds. The molecule has 0 aromatic rings. The molecule has 2 aliphatic heterocycles. The lowest BCUT2D eigenvalue weighted by molar-refractivity contribution is -0.144. The summed E-state index contributed by atoms with van der Waals surface area (Å²) in [7, 11) is 0. The Morgan fingerprint density at radius 1 is 1.38 bits per heavy atom. The first-order chi connectivity index (χ1) is 6.11. The van der Waals surface area contributed by atoms with Gasteiger partial charge in [-0.2, -0.15) is 0 Å². The van der Waals surface area contributed by atoms with Gasteiger partial charge in [-0.05, 0) is 19.5 Å². The zero-order valence-corrected chi connectivity index (χ0v) is 7.97. The van der Waals surface area contributed by atoms with Crippen molar-refractivity contribution in [2.75, 3.05) is 32.7 Å². The summed E-state index contributed by atoms with van der Waals surface area (Å²) in [6.45, 7) is 5.17. The maximum Gasteiger partial charge on any atom is 0.272 e. The van der Waals surface area contributed by atoms with Crippen LogP contribution in [0.25, 0.3) is 0 Å². The summed E-state index contributed by atoms with van der Waals surface area (Å²) >= 11 is 0. The van der Waals surface area contributed by atoms with E-state index in [2.05, 4.69) is 11.8 Å². The largest absolute Gasteiger partial charge is 0.302 e. The average molecular weight is 190 g/mol. The van der Waals surface area contributed by atoms with Gasteiger partial charge in [0.15, 0.2) is 0 Å². The molecule has 2 fully saturated rings. The average Bonchev–Trinajstić information content (AvgIpc) is 2.47. The molecule has 2 aliphatic rings. The predicted octanol–water partition coefficient (Wildman–Crippen LogP) is 1.03. The fourth-order valence-corrected chi connectivity index (χ4v) is 2.20. The van der Waals surface area contributed by atoms with Crippen molar-refractivity contribution in [3.63, 3.8) is 0 Å². The Morgan fingerprint density at radius 3 is 2.54 bits per heavy atom. The van der Waals surface area contributed by atoms with E-state index in [0.717, 1.165) is 26.1 Å². The van der Waals surface area contributed by atoms with Gasteiger partial charge in [-0.25, -0.2) is 8.78 Å². The molecular formula is C9H16F2N2. The standard InChI is InChI=1S/C9H16F2N2/c1-2-12-4-3-8(5-12)13-6-9(10,11)7-13/h8H,2-7H2,1H3/t8-/m1/s1.